The van der Waals surface area contributed by atoms with Crippen LogP contribution < -0.4 is 10.6 Å². The zero-order valence-corrected chi connectivity index (χ0v) is 19.6. The molecule has 7 nitrogen and oxygen atoms in total. The average molecular weight is 515 g/mol. The molecule has 2 amide bonds. The Labute approximate surface area is 211 Å². The SMILES string of the molecule is O=C(N[C@H](Cc1ccccc1)C(=O)N[C@@H](Cc1cccc(C(F)(F)F)c1)C(=O)O)OCc1ccccc1. The normalized spacial score (nSPS) is 12.7. The third-order valence-electron chi connectivity index (χ3n) is 5.41. The third kappa shape index (κ3) is 8.68. The highest BCUT2D eigenvalue weighted by atomic mass is 19.4. The molecule has 37 heavy (non-hydrogen) atoms. The predicted octanol–water partition coefficient (Wildman–Crippen LogP) is 4.36. The van der Waals surface area contributed by atoms with Crippen molar-refractivity contribution in [2.24, 2.45) is 0 Å². The largest absolute Gasteiger partial charge is 0.480 e. The van der Waals surface area contributed by atoms with Gasteiger partial charge in [0.2, 0.25) is 5.91 Å². The highest BCUT2D eigenvalue weighted by molar-refractivity contribution is 5.89. The van der Waals surface area contributed by atoms with Crippen LogP contribution in [0.25, 0.3) is 0 Å². The predicted molar refractivity (Wildman–Crippen MR) is 128 cm³/mol. The molecule has 10 heteroatoms. The summed E-state index contributed by atoms with van der Waals surface area (Å²) in [5.74, 6) is -2.25. The van der Waals surface area contributed by atoms with Gasteiger partial charge in [-0.15, -0.1) is 0 Å². The van der Waals surface area contributed by atoms with Crippen LogP contribution in [0.5, 0.6) is 0 Å². The van der Waals surface area contributed by atoms with Gasteiger partial charge in [-0.1, -0.05) is 78.9 Å². The van der Waals surface area contributed by atoms with Gasteiger partial charge in [-0.3, -0.25) is 4.79 Å². The number of carbonyl (C=O) groups is 3. The number of benzene rings is 3. The molecule has 0 fully saturated rings. The molecule has 2 atom stereocenters. The maximum Gasteiger partial charge on any atom is 0.416 e. The number of nitrogens with one attached hydrogen (secondary N) is 2. The first-order chi connectivity index (χ1) is 17.6. The minimum atomic E-state index is -4.59. The van der Waals surface area contributed by atoms with Crippen molar-refractivity contribution in [1.29, 1.82) is 0 Å². The van der Waals surface area contributed by atoms with E-state index in [4.69, 9.17) is 4.74 Å². The Kier molecular flexibility index (Phi) is 9.26. The number of halogens is 3. The van der Waals surface area contributed by atoms with Crippen molar-refractivity contribution in [2.45, 2.75) is 37.7 Å². The molecule has 0 aliphatic rings. The van der Waals surface area contributed by atoms with Crippen molar-refractivity contribution >= 4 is 18.0 Å². The standard InChI is InChI=1S/C27H25F3N2O5/c28-27(29,30)21-13-7-12-20(14-21)16-23(25(34)35)31-24(33)22(15-18-8-3-1-4-9-18)32-26(36)37-17-19-10-5-2-6-11-19/h1-14,22-23H,15-17H2,(H,31,33)(H,32,36)(H,34,35)/t22-,23+/m1/s1. The number of rotatable bonds is 10. The van der Waals surface area contributed by atoms with Gasteiger partial charge in [-0.05, 0) is 22.8 Å². The van der Waals surface area contributed by atoms with E-state index in [-0.39, 0.29) is 25.0 Å². The van der Waals surface area contributed by atoms with E-state index in [1.807, 2.05) is 6.07 Å². The van der Waals surface area contributed by atoms with Crippen LogP contribution in [0, 0.1) is 0 Å². The van der Waals surface area contributed by atoms with Crippen LogP contribution in [0.3, 0.4) is 0 Å². The van der Waals surface area contributed by atoms with Gasteiger partial charge in [0.25, 0.3) is 0 Å². The molecule has 0 heterocycles. The lowest BCUT2D eigenvalue weighted by Crippen LogP contribution is -2.53. The molecule has 3 aromatic carbocycles. The summed E-state index contributed by atoms with van der Waals surface area (Å²) in [5, 5.41) is 14.4. The molecule has 0 spiro atoms. The molecule has 194 valence electrons. The Morgan fingerprint density at radius 3 is 1.92 bits per heavy atom. The van der Waals surface area contributed by atoms with E-state index in [0.717, 1.165) is 17.7 Å². The lowest BCUT2D eigenvalue weighted by molar-refractivity contribution is -0.142. The number of carbonyl (C=O) groups excluding carboxylic acids is 2. The van der Waals surface area contributed by atoms with Crippen LogP contribution in [0.4, 0.5) is 18.0 Å². The maximum absolute atomic E-state index is 13.1. The van der Waals surface area contributed by atoms with Gasteiger partial charge >= 0.3 is 18.2 Å². The summed E-state index contributed by atoms with van der Waals surface area (Å²) < 4.78 is 44.3. The van der Waals surface area contributed by atoms with E-state index in [1.165, 1.54) is 12.1 Å². The Balaban J connectivity index is 1.72. The maximum atomic E-state index is 13.1. The van der Waals surface area contributed by atoms with Crippen molar-refractivity contribution in [1.82, 2.24) is 10.6 Å². The molecule has 3 aromatic rings. The summed E-state index contributed by atoms with van der Waals surface area (Å²) in [5.41, 5.74) is 0.576. The summed E-state index contributed by atoms with van der Waals surface area (Å²) in [6, 6.07) is 19.1. The molecule has 0 saturated heterocycles. The van der Waals surface area contributed by atoms with Crippen LogP contribution >= 0.6 is 0 Å². The van der Waals surface area contributed by atoms with E-state index >= 15 is 0 Å². The monoisotopic (exact) mass is 514 g/mol. The molecule has 0 aromatic heterocycles. The Bertz CT molecular complexity index is 1200. The number of amides is 2. The molecule has 0 aliphatic heterocycles. The first-order valence-corrected chi connectivity index (χ1v) is 11.3. The Morgan fingerprint density at radius 2 is 1.32 bits per heavy atom. The number of alkyl halides is 3. The summed E-state index contributed by atoms with van der Waals surface area (Å²) >= 11 is 0. The fourth-order valence-corrected chi connectivity index (χ4v) is 3.55. The lowest BCUT2D eigenvalue weighted by atomic mass is 10.0. The van der Waals surface area contributed by atoms with E-state index in [9.17, 15) is 32.7 Å². The van der Waals surface area contributed by atoms with Crippen LogP contribution in [0.1, 0.15) is 22.3 Å². The van der Waals surface area contributed by atoms with Gasteiger partial charge < -0.3 is 20.5 Å². The molecule has 0 aliphatic carbocycles. The second kappa shape index (κ2) is 12.6. The van der Waals surface area contributed by atoms with Crippen molar-refractivity contribution in [3.8, 4) is 0 Å². The minimum Gasteiger partial charge on any atom is -0.480 e. The molecule has 0 saturated carbocycles. The third-order valence-corrected chi connectivity index (χ3v) is 5.41. The molecule has 3 N–H and O–H groups in total. The number of carboxylic acids is 1. The first kappa shape index (κ1) is 27.3. The number of alkyl carbamates (subject to hydrolysis) is 1. The topological polar surface area (TPSA) is 105 Å². The minimum absolute atomic E-state index is 0.0308. The van der Waals surface area contributed by atoms with Crippen LogP contribution in [0.2, 0.25) is 0 Å². The van der Waals surface area contributed by atoms with Gasteiger partial charge in [-0.2, -0.15) is 13.2 Å². The van der Waals surface area contributed by atoms with Gasteiger partial charge in [-0.25, -0.2) is 9.59 Å². The second-order valence-electron chi connectivity index (χ2n) is 8.25. The summed E-state index contributed by atoms with van der Waals surface area (Å²) in [6.45, 7) is -0.0420. The number of hydrogen-bond donors (Lipinski definition) is 3. The van der Waals surface area contributed by atoms with Crippen LogP contribution in [-0.4, -0.2) is 35.2 Å². The Morgan fingerprint density at radius 1 is 0.757 bits per heavy atom. The van der Waals surface area contributed by atoms with Gasteiger partial charge in [0.15, 0.2) is 0 Å². The smallest absolute Gasteiger partial charge is 0.416 e. The number of ether oxygens (including phenoxy) is 1. The van der Waals surface area contributed by atoms with E-state index in [2.05, 4.69) is 10.6 Å². The van der Waals surface area contributed by atoms with Crippen molar-refractivity contribution in [2.75, 3.05) is 0 Å². The second-order valence-corrected chi connectivity index (χ2v) is 8.25. The number of carboxylic acid groups (broad SMARTS) is 1. The van der Waals surface area contributed by atoms with Gasteiger partial charge in [0, 0.05) is 12.8 Å². The first-order valence-electron chi connectivity index (χ1n) is 11.3. The fraction of sp³-hybridized carbons (Fsp3) is 0.222. The van der Waals surface area contributed by atoms with Crippen molar-refractivity contribution in [3.63, 3.8) is 0 Å². The van der Waals surface area contributed by atoms with Crippen molar-refractivity contribution < 1.29 is 37.4 Å². The van der Waals surface area contributed by atoms with Crippen LogP contribution in [0.15, 0.2) is 84.9 Å². The lowest BCUT2D eigenvalue weighted by Gasteiger charge is -2.22. The Hall–Kier alpha value is -4.34. The molecule has 3 rings (SSSR count). The molecular weight excluding hydrogens is 489 g/mol. The molecule has 0 radical (unpaired) electrons. The number of hydrogen-bond acceptors (Lipinski definition) is 4. The quantitative estimate of drug-likeness (QED) is 0.373. The zero-order valence-electron chi connectivity index (χ0n) is 19.6. The highest BCUT2D eigenvalue weighted by Gasteiger charge is 2.31. The molecular formula is C27H25F3N2O5. The summed E-state index contributed by atoms with van der Waals surface area (Å²) in [4.78, 5) is 37.3. The van der Waals surface area contributed by atoms with E-state index in [1.54, 1.807) is 54.6 Å². The van der Waals surface area contributed by atoms with Gasteiger partial charge in [0.05, 0.1) is 5.56 Å². The summed E-state index contributed by atoms with van der Waals surface area (Å²) in [7, 11) is 0. The average Bonchev–Trinajstić information content (AvgIpc) is 2.87. The molecule has 0 unspecified atom stereocenters. The summed E-state index contributed by atoms with van der Waals surface area (Å²) in [6.07, 6.45) is -5.84. The number of aliphatic carboxylic acids is 1. The van der Waals surface area contributed by atoms with E-state index in [0.29, 0.717) is 5.56 Å². The van der Waals surface area contributed by atoms with Crippen LogP contribution in [-0.2, 0) is 40.0 Å². The van der Waals surface area contributed by atoms with Gasteiger partial charge in [0.1, 0.15) is 18.7 Å². The fourth-order valence-electron chi connectivity index (χ4n) is 3.55. The molecule has 0 bridgehead atoms. The highest BCUT2D eigenvalue weighted by Crippen LogP contribution is 2.29. The van der Waals surface area contributed by atoms with E-state index < -0.39 is 41.8 Å². The van der Waals surface area contributed by atoms with Crippen molar-refractivity contribution in [3.05, 3.63) is 107 Å². The zero-order chi connectivity index (χ0) is 26.8.